The van der Waals surface area contributed by atoms with Gasteiger partial charge in [-0.3, -0.25) is 4.79 Å². The van der Waals surface area contributed by atoms with Crippen LogP contribution in [0, 0.1) is 0 Å². The SMILES string of the molecule is CC(Oc1cccc2c1c1c(C(N)=O)cccc1n2Cc1ccccc1)C(=O)O. The van der Waals surface area contributed by atoms with Crippen molar-refractivity contribution in [1.82, 2.24) is 4.57 Å². The van der Waals surface area contributed by atoms with Gasteiger partial charge >= 0.3 is 5.97 Å². The molecule has 0 bridgehead atoms. The van der Waals surface area contributed by atoms with Crippen molar-refractivity contribution >= 4 is 33.7 Å². The van der Waals surface area contributed by atoms with Crippen molar-refractivity contribution < 1.29 is 19.4 Å². The van der Waals surface area contributed by atoms with Crippen LogP contribution in [-0.4, -0.2) is 27.7 Å². The van der Waals surface area contributed by atoms with E-state index in [0.717, 1.165) is 16.6 Å². The molecular weight excluding hydrogens is 368 g/mol. The third-order valence-electron chi connectivity index (χ3n) is 4.98. The highest BCUT2D eigenvalue weighted by Gasteiger charge is 2.21. The number of benzene rings is 3. The van der Waals surface area contributed by atoms with Crippen LogP contribution in [0.2, 0.25) is 0 Å². The van der Waals surface area contributed by atoms with Crippen LogP contribution in [0.25, 0.3) is 21.8 Å². The van der Waals surface area contributed by atoms with E-state index in [1.54, 1.807) is 18.2 Å². The molecule has 6 heteroatoms. The van der Waals surface area contributed by atoms with Gasteiger partial charge in [0, 0.05) is 17.5 Å². The number of nitrogens with two attached hydrogens (primary N) is 1. The lowest BCUT2D eigenvalue weighted by atomic mass is 10.1. The van der Waals surface area contributed by atoms with Gasteiger partial charge in [0.1, 0.15) is 5.75 Å². The first kappa shape index (κ1) is 18.6. The summed E-state index contributed by atoms with van der Waals surface area (Å²) in [5.41, 5.74) is 8.79. The van der Waals surface area contributed by atoms with Gasteiger partial charge in [-0.1, -0.05) is 42.5 Å². The van der Waals surface area contributed by atoms with E-state index in [4.69, 9.17) is 10.5 Å². The van der Waals surface area contributed by atoms with E-state index in [9.17, 15) is 14.7 Å². The lowest BCUT2D eigenvalue weighted by Crippen LogP contribution is -2.22. The Hall–Kier alpha value is -3.80. The van der Waals surface area contributed by atoms with Crippen molar-refractivity contribution in [3.63, 3.8) is 0 Å². The molecule has 1 amide bonds. The molecule has 1 aromatic heterocycles. The number of fused-ring (bicyclic) bond motifs is 3. The molecule has 0 saturated heterocycles. The Bertz CT molecular complexity index is 1230. The fourth-order valence-corrected chi connectivity index (χ4v) is 3.63. The number of rotatable bonds is 6. The lowest BCUT2D eigenvalue weighted by molar-refractivity contribution is -0.144. The third kappa shape index (κ3) is 3.29. The van der Waals surface area contributed by atoms with Gasteiger partial charge < -0.3 is 20.1 Å². The van der Waals surface area contributed by atoms with E-state index in [2.05, 4.69) is 4.57 Å². The maximum Gasteiger partial charge on any atom is 0.344 e. The van der Waals surface area contributed by atoms with Crippen LogP contribution >= 0.6 is 0 Å². The van der Waals surface area contributed by atoms with Gasteiger partial charge in [-0.25, -0.2) is 4.79 Å². The normalized spacial score (nSPS) is 12.2. The molecule has 1 heterocycles. The van der Waals surface area contributed by atoms with Crippen molar-refractivity contribution in [1.29, 1.82) is 0 Å². The van der Waals surface area contributed by atoms with Crippen molar-refractivity contribution in [3.8, 4) is 5.75 Å². The van der Waals surface area contributed by atoms with Crippen LogP contribution in [-0.2, 0) is 11.3 Å². The molecule has 0 radical (unpaired) electrons. The van der Waals surface area contributed by atoms with Crippen LogP contribution < -0.4 is 10.5 Å². The summed E-state index contributed by atoms with van der Waals surface area (Å²) in [4.78, 5) is 23.5. The number of aliphatic carboxylic acids is 1. The Morgan fingerprint density at radius 1 is 0.966 bits per heavy atom. The monoisotopic (exact) mass is 388 g/mol. The predicted molar refractivity (Wildman–Crippen MR) is 111 cm³/mol. The number of hydrogen-bond donors (Lipinski definition) is 2. The number of carboxylic acids is 1. The zero-order valence-corrected chi connectivity index (χ0v) is 15.8. The zero-order chi connectivity index (χ0) is 20.5. The number of carbonyl (C=O) groups excluding carboxylic acids is 1. The highest BCUT2D eigenvalue weighted by molar-refractivity contribution is 6.19. The minimum Gasteiger partial charge on any atom is -0.479 e. The van der Waals surface area contributed by atoms with E-state index in [1.807, 2.05) is 48.5 Å². The zero-order valence-electron chi connectivity index (χ0n) is 15.8. The van der Waals surface area contributed by atoms with Crippen molar-refractivity contribution in [2.24, 2.45) is 5.73 Å². The first-order valence-corrected chi connectivity index (χ1v) is 9.24. The van der Waals surface area contributed by atoms with Gasteiger partial charge in [-0.15, -0.1) is 0 Å². The molecule has 1 unspecified atom stereocenters. The van der Waals surface area contributed by atoms with Gasteiger partial charge in [0.2, 0.25) is 5.91 Å². The fraction of sp³-hybridized carbons (Fsp3) is 0.130. The van der Waals surface area contributed by atoms with Crippen LogP contribution in [0.4, 0.5) is 0 Å². The molecule has 0 aliphatic heterocycles. The molecule has 0 saturated carbocycles. The molecule has 4 aromatic rings. The summed E-state index contributed by atoms with van der Waals surface area (Å²) < 4.78 is 7.82. The molecule has 0 aliphatic carbocycles. The number of carboxylic acid groups (broad SMARTS) is 1. The number of hydrogen-bond acceptors (Lipinski definition) is 3. The average Bonchev–Trinajstić information content (AvgIpc) is 3.03. The Morgan fingerprint density at radius 2 is 1.62 bits per heavy atom. The summed E-state index contributed by atoms with van der Waals surface area (Å²) in [5, 5.41) is 10.6. The quantitative estimate of drug-likeness (QED) is 0.525. The second-order valence-corrected chi connectivity index (χ2v) is 6.88. The van der Waals surface area contributed by atoms with Crippen LogP contribution in [0.3, 0.4) is 0 Å². The first-order chi connectivity index (χ1) is 14.0. The first-order valence-electron chi connectivity index (χ1n) is 9.24. The summed E-state index contributed by atoms with van der Waals surface area (Å²) >= 11 is 0. The van der Waals surface area contributed by atoms with Crippen molar-refractivity contribution in [2.45, 2.75) is 19.6 Å². The van der Waals surface area contributed by atoms with Gasteiger partial charge in [-0.05, 0) is 36.8 Å². The summed E-state index contributed by atoms with van der Waals surface area (Å²) in [6, 6.07) is 20.8. The molecular formula is C23H20N2O4. The smallest absolute Gasteiger partial charge is 0.344 e. The van der Waals surface area contributed by atoms with E-state index in [0.29, 0.717) is 28.6 Å². The third-order valence-corrected chi connectivity index (χ3v) is 4.98. The molecule has 4 rings (SSSR count). The van der Waals surface area contributed by atoms with Crippen molar-refractivity contribution in [2.75, 3.05) is 0 Å². The Balaban J connectivity index is 2.03. The van der Waals surface area contributed by atoms with E-state index in [1.165, 1.54) is 6.92 Å². The van der Waals surface area contributed by atoms with Gasteiger partial charge in [0.15, 0.2) is 6.10 Å². The lowest BCUT2D eigenvalue weighted by Gasteiger charge is -2.12. The summed E-state index contributed by atoms with van der Waals surface area (Å²) in [6.07, 6.45) is -1.03. The van der Waals surface area contributed by atoms with Gasteiger partial charge in [0.05, 0.1) is 16.4 Å². The highest BCUT2D eigenvalue weighted by Crippen LogP contribution is 2.38. The molecule has 0 aliphatic rings. The predicted octanol–water partition coefficient (Wildman–Crippen LogP) is 3.79. The van der Waals surface area contributed by atoms with Crippen LogP contribution in [0.5, 0.6) is 5.75 Å². The average molecular weight is 388 g/mol. The maximum atomic E-state index is 12.1. The fourth-order valence-electron chi connectivity index (χ4n) is 3.63. The minimum absolute atomic E-state index is 0.373. The molecule has 6 nitrogen and oxygen atoms in total. The molecule has 146 valence electrons. The Labute approximate surface area is 167 Å². The number of nitrogens with zero attached hydrogens (tertiary/aromatic N) is 1. The topological polar surface area (TPSA) is 94.5 Å². The largest absolute Gasteiger partial charge is 0.479 e. The van der Waals surface area contributed by atoms with Gasteiger partial charge in [0.25, 0.3) is 0 Å². The number of carbonyl (C=O) groups is 2. The second-order valence-electron chi connectivity index (χ2n) is 6.88. The Kier molecular flexibility index (Phi) is 4.68. The summed E-state index contributed by atoms with van der Waals surface area (Å²) in [6.45, 7) is 2.06. The van der Waals surface area contributed by atoms with E-state index >= 15 is 0 Å². The maximum absolute atomic E-state index is 12.1. The minimum atomic E-state index is -1.06. The van der Waals surface area contributed by atoms with E-state index in [-0.39, 0.29) is 0 Å². The number of amides is 1. The van der Waals surface area contributed by atoms with Crippen LogP contribution in [0.1, 0.15) is 22.8 Å². The van der Waals surface area contributed by atoms with E-state index < -0.39 is 18.0 Å². The Morgan fingerprint density at radius 3 is 2.28 bits per heavy atom. The van der Waals surface area contributed by atoms with Crippen LogP contribution in [0.15, 0.2) is 66.7 Å². The molecule has 0 fully saturated rings. The molecule has 1 atom stereocenters. The summed E-state index contributed by atoms with van der Waals surface area (Å²) in [7, 11) is 0. The number of ether oxygens (including phenoxy) is 1. The molecule has 3 N–H and O–H groups in total. The molecule has 0 spiro atoms. The second kappa shape index (κ2) is 7.31. The standard InChI is InChI=1S/C23H20N2O4/c1-14(23(27)28)29-19-12-6-11-18-21(19)20-16(22(24)26)9-5-10-17(20)25(18)13-15-7-3-2-4-8-15/h2-12,14H,13H2,1H3,(H2,24,26)(H,27,28). The summed E-state index contributed by atoms with van der Waals surface area (Å²) in [5.74, 6) is -1.21. The van der Waals surface area contributed by atoms with Crippen molar-refractivity contribution in [3.05, 3.63) is 77.9 Å². The number of primary amides is 1. The molecule has 3 aromatic carbocycles. The molecule has 29 heavy (non-hydrogen) atoms. The van der Waals surface area contributed by atoms with Gasteiger partial charge in [-0.2, -0.15) is 0 Å². The highest BCUT2D eigenvalue weighted by atomic mass is 16.5. The number of aromatic nitrogens is 1.